The van der Waals surface area contributed by atoms with Crippen molar-refractivity contribution < 1.29 is 0 Å². The first-order valence-electron chi connectivity index (χ1n) is 13.6. The average molecular weight is 507 g/mol. The number of rotatable bonds is 7. The topological polar surface area (TPSA) is 39.6 Å². The van der Waals surface area contributed by atoms with E-state index in [9.17, 15) is 0 Å². The molecule has 2 fully saturated rings. The molecule has 3 heterocycles. The van der Waals surface area contributed by atoms with Gasteiger partial charge in [0, 0.05) is 74.9 Å². The van der Waals surface area contributed by atoms with Crippen molar-refractivity contribution in [1.29, 1.82) is 0 Å². The summed E-state index contributed by atoms with van der Waals surface area (Å²) in [5.74, 6) is 1.51. The van der Waals surface area contributed by atoms with E-state index in [1.54, 1.807) is 0 Å². The van der Waals surface area contributed by atoms with Gasteiger partial charge >= 0.3 is 0 Å². The molecule has 2 atom stereocenters. The zero-order chi connectivity index (χ0) is 25.2. The summed E-state index contributed by atoms with van der Waals surface area (Å²) in [5.41, 5.74) is 3.92. The van der Waals surface area contributed by atoms with E-state index in [0.717, 1.165) is 25.5 Å². The van der Waals surface area contributed by atoms with Gasteiger partial charge in [-0.2, -0.15) is 5.10 Å². The van der Waals surface area contributed by atoms with Gasteiger partial charge in [-0.1, -0.05) is 32.4 Å². The maximum atomic E-state index is 4.64. The molecule has 0 aliphatic carbocycles. The van der Waals surface area contributed by atoms with Gasteiger partial charge in [-0.25, -0.2) is 4.31 Å². The molecule has 0 amide bonds. The minimum atomic E-state index is 0.410. The van der Waals surface area contributed by atoms with Crippen LogP contribution in [-0.4, -0.2) is 64.8 Å². The monoisotopic (exact) mass is 506 g/mol. The lowest BCUT2D eigenvalue weighted by molar-refractivity contribution is 0.154. The van der Waals surface area contributed by atoms with Crippen molar-refractivity contribution in [2.24, 2.45) is 13.0 Å². The van der Waals surface area contributed by atoms with Crippen molar-refractivity contribution in [3.63, 3.8) is 0 Å². The molecule has 0 bridgehead atoms. The van der Waals surface area contributed by atoms with Crippen molar-refractivity contribution in [2.75, 3.05) is 50.0 Å². The maximum absolute atomic E-state index is 4.64. The predicted octanol–water partition coefficient (Wildman–Crippen LogP) is 6.02. The van der Waals surface area contributed by atoms with Crippen LogP contribution in [0.25, 0.3) is 10.9 Å². The summed E-state index contributed by atoms with van der Waals surface area (Å²) in [6.07, 6.45) is 4.03. The number of piperidine rings is 1. The van der Waals surface area contributed by atoms with Crippen molar-refractivity contribution >= 4 is 34.4 Å². The largest absolute Gasteiger partial charge is 0.371 e. The van der Waals surface area contributed by atoms with E-state index >= 15 is 0 Å². The normalized spacial score (nSPS) is 20.8. The van der Waals surface area contributed by atoms with Gasteiger partial charge in [-0.15, -0.1) is 0 Å². The number of nitrogens with zero attached hydrogens (tertiary/aromatic N) is 5. The smallest absolute Gasteiger partial charge is 0.155 e. The van der Waals surface area contributed by atoms with Gasteiger partial charge < -0.3 is 10.2 Å². The molecule has 5 rings (SSSR count). The molecule has 1 aromatic heterocycles. The Morgan fingerprint density at radius 2 is 1.78 bits per heavy atom. The Morgan fingerprint density at radius 1 is 0.972 bits per heavy atom. The van der Waals surface area contributed by atoms with Crippen molar-refractivity contribution in [2.45, 2.75) is 57.0 Å². The van der Waals surface area contributed by atoms with Crippen LogP contribution in [0.5, 0.6) is 0 Å². The fourth-order valence-corrected chi connectivity index (χ4v) is 6.90. The van der Waals surface area contributed by atoms with E-state index in [1.807, 2.05) is 30.7 Å². The first kappa shape index (κ1) is 25.4. The van der Waals surface area contributed by atoms with E-state index < -0.39 is 0 Å². The van der Waals surface area contributed by atoms with Crippen LogP contribution in [-0.2, 0) is 7.05 Å². The first-order chi connectivity index (χ1) is 17.4. The van der Waals surface area contributed by atoms with Gasteiger partial charge in [0.05, 0.1) is 5.52 Å². The third-order valence-corrected chi connectivity index (χ3v) is 9.15. The van der Waals surface area contributed by atoms with E-state index in [-0.39, 0.29) is 0 Å². The molecular weight excluding hydrogens is 464 g/mol. The summed E-state index contributed by atoms with van der Waals surface area (Å²) in [6, 6.07) is 17.0. The van der Waals surface area contributed by atoms with Gasteiger partial charge in [0.1, 0.15) is 0 Å². The molecule has 0 spiro atoms. The molecule has 194 valence electrons. The predicted molar refractivity (Wildman–Crippen MR) is 154 cm³/mol. The molecule has 6 nitrogen and oxygen atoms in total. The number of aromatic nitrogens is 2. The summed E-state index contributed by atoms with van der Waals surface area (Å²) < 4.78 is 4.53. The van der Waals surface area contributed by atoms with Crippen LogP contribution >= 0.6 is 11.9 Å². The molecule has 0 radical (unpaired) electrons. The molecule has 36 heavy (non-hydrogen) atoms. The van der Waals surface area contributed by atoms with Crippen LogP contribution in [0.1, 0.15) is 51.6 Å². The number of benzene rings is 2. The highest BCUT2D eigenvalue weighted by atomic mass is 32.2. The second-order valence-corrected chi connectivity index (χ2v) is 11.9. The lowest BCUT2D eigenvalue weighted by Crippen LogP contribution is -2.55. The average Bonchev–Trinajstić information content (AvgIpc) is 3.23. The second-order valence-electron chi connectivity index (χ2n) is 10.8. The molecular formula is C29H42N6S. The number of piperazine rings is 1. The number of fused-ring (bicyclic) bond motifs is 1. The third-order valence-electron chi connectivity index (χ3n) is 8.06. The van der Waals surface area contributed by atoms with Crippen molar-refractivity contribution in [3.05, 3.63) is 48.0 Å². The quantitative estimate of drug-likeness (QED) is 0.395. The summed E-state index contributed by atoms with van der Waals surface area (Å²) in [4.78, 5) is 6.70. The minimum Gasteiger partial charge on any atom is -0.371 e. The summed E-state index contributed by atoms with van der Waals surface area (Å²) in [6.45, 7) is 12.7. The molecule has 0 saturated carbocycles. The Bertz CT molecular complexity index is 1170. The summed E-state index contributed by atoms with van der Waals surface area (Å²) in [5, 5.41) is 9.04. The first-order valence-corrected chi connectivity index (χ1v) is 14.4. The molecule has 2 aliphatic rings. The number of nitrogens with one attached hydrogen (secondary N) is 1. The standard InChI is InChI=1S/C29H42N6S/c1-21(2)28-20-33(22(3)23-10-9-11-25(18-23)36-34-14-7-6-8-15-34)16-17-35(28)24-12-13-26-27(19-24)32(5)31-29(26)30-4/h9-13,18-19,21-22,28H,6-8,14-17,20H2,1-5H3,(H,30,31). The summed E-state index contributed by atoms with van der Waals surface area (Å²) >= 11 is 1.95. The number of aryl methyl sites for hydroxylation is 1. The minimum absolute atomic E-state index is 0.410. The Balaban J connectivity index is 1.32. The molecule has 2 aliphatic heterocycles. The van der Waals surface area contributed by atoms with Gasteiger partial charge in [0.2, 0.25) is 0 Å². The molecule has 2 unspecified atom stereocenters. The molecule has 3 aromatic rings. The Morgan fingerprint density at radius 3 is 2.53 bits per heavy atom. The SMILES string of the molecule is CNc1nn(C)c2cc(N3CCN(C(C)c4cccc(SN5CCCCC5)c4)CC3C(C)C)ccc12. The van der Waals surface area contributed by atoms with Gasteiger partial charge in [0.15, 0.2) is 5.82 Å². The van der Waals surface area contributed by atoms with Crippen LogP contribution in [0.4, 0.5) is 11.5 Å². The van der Waals surface area contributed by atoms with Crippen LogP contribution in [0, 0.1) is 5.92 Å². The van der Waals surface area contributed by atoms with Gasteiger partial charge in [-0.05, 0) is 73.5 Å². The van der Waals surface area contributed by atoms with E-state index in [0.29, 0.717) is 18.0 Å². The lowest BCUT2D eigenvalue weighted by atomic mass is 9.96. The Labute approximate surface area is 221 Å². The zero-order valence-electron chi connectivity index (χ0n) is 22.6. The van der Waals surface area contributed by atoms with E-state index in [4.69, 9.17) is 0 Å². The fraction of sp³-hybridized carbons (Fsp3) is 0.552. The molecule has 7 heteroatoms. The number of anilines is 2. The molecule has 2 aromatic carbocycles. The van der Waals surface area contributed by atoms with E-state index in [2.05, 4.69) is 87.8 Å². The highest BCUT2D eigenvalue weighted by Gasteiger charge is 2.32. The molecule has 2 saturated heterocycles. The molecule has 1 N–H and O–H groups in total. The Hall–Kier alpha value is -2.22. The third kappa shape index (κ3) is 5.24. The van der Waals surface area contributed by atoms with Crippen LogP contribution in [0.15, 0.2) is 47.4 Å². The summed E-state index contributed by atoms with van der Waals surface area (Å²) in [7, 11) is 3.97. The van der Waals surface area contributed by atoms with Gasteiger partial charge in [-0.3, -0.25) is 9.58 Å². The second kappa shape index (κ2) is 11.0. The van der Waals surface area contributed by atoms with Crippen molar-refractivity contribution in [3.8, 4) is 0 Å². The van der Waals surface area contributed by atoms with Crippen LogP contribution in [0.2, 0.25) is 0 Å². The number of hydrogen-bond acceptors (Lipinski definition) is 6. The number of hydrogen-bond donors (Lipinski definition) is 1. The van der Waals surface area contributed by atoms with Gasteiger partial charge in [0.25, 0.3) is 0 Å². The van der Waals surface area contributed by atoms with Crippen molar-refractivity contribution in [1.82, 2.24) is 19.0 Å². The maximum Gasteiger partial charge on any atom is 0.155 e. The highest BCUT2D eigenvalue weighted by Crippen LogP contribution is 2.34. The zero-order valence-corrected chi connectivity index (χ0v) is 23.4. The highest BCUT2D eigenvalue weighted by molar-refractivity contribution is 7.97. The van der Waals surface area contributed by atoms with Crippen LogP contribution in [0.3, 0.4) is 0 Å². The lowest BCUT2D eigenvalue weighted by Gasteiger charge is -2.46. The fourth-order valence-electron chi connectivity index (χ4n) is 5.83. The van der Waals surface area contributed by atoms with E-state index in [1.165, 1.54) is 59.4 Å². The Kier molecular flexibility index (Phi) is 7.79. The van der Waals surface area contributed by atoms with Crippen LogP contribution < -0.4 is 10.2 Å².